The van der Waals surface area contributed by atoms with Gasteiger partial charge in [-0.05, 0) is 12.8 Å². The summed E-state index contributed by atoms with van der Waals surface area (Å²) in [6.45, 7) is 4.61. The van der Waals surface area contributed by atoms with Crippen LogP contribution in [0.25, 0.3) is 0 Å². The van der Waals surface area contributed by atoms with Crippen LogP contribution in [0.2, 0.25) is 0 Å². The van der Waals surface area contributed by atoms with E-state index in [9.17, 15) is 9.90 Å². The van der Waals surface area contributed by atoms with Gasteiger partial charge in [0.1, 0.15) is 0 Å². The number of rotatable bonds is 16. The first-order valence-corrected chi connectivity index (χ1v) is 9.04. The van der Waals surface area contributed by atoms with Gasteiger partial charge in [0, 0.05) is 6.61 Å². The van der Waals surface area contributed by atoms with Crippen LogP contribution >= 0.6 is 0 Å². The van der Waals surface area contributed by atoms with Crippen LogP contribution in [0.5, 0.6) is 0 Å². The van der Waals surface area contributed by atoms with E-state index >= 15 is 0 Å². The number of ether oxygens (including phenoxy) is 1. The average molecular weight is 299 g/mol. The molecule has 0 aromatic carbocycles. The molecule has 0 aliphatic carbocycles. The first-order chi connectivity index (χ1) is 10.2. The number of hydrogen-bond acceptors (Lipinski definition) is 3. The Balaban J connectivity index is 3.14. The summed E-state index contributed by atoms with van der Waals surface area (Å²) in [6, 6.07) is 0. The summed E-state index contributed by atoms with van der Waals surface area (Å²) in [5, 5.41) is 10.6. The summed E-state index contributed by atoms with van der Waals surface area (Å²) in [4.78, 5) is 10.6. The second-order valence-corrected chi connectivity index (χ2v) is 5.98. The van der Waals surface area contributed by atoms with Crippen molar-refractivity contribution in [3.05, 3.63) is 0 Å². The molecule has 0 fully saturated rings. The fourth-order valence-electron chi connectivity index (χ4n) is 2.52. The molecule has 0 spiro atoms. The molecule has 3 heteroatoms. The molecule has 0 aromatic heterocycles. The van der Waals surface area contributed by atoms with Gasteiger partial charge in [0.05, 0.1) is 12.1 Å². The quantitative estimate of drug-likeness (QED) is 0.401. The first kappa shape index (κ1) is 20.4. The van der Waals surface area contributed by atoms with Crippen LogP contribution in [0.15, 0.2) is 0 Å². The summed E-state index contributed by atoms with van der Waals surface area (Å²) >= 11 is 0. The van der Waals surface area contributed by atoms with Gasteiger partial charge < -0.3 is 14.6 Å². The molecule has 0 saturated carbocycles. The maximum Gasteiger partial charge on any atom is 0.0965 e. The monoisotopic (exact) mass is 299 g/mol. The van der Waals surface area contributed by atoms with Crippen molar-refractivity contribution >= 4 is 5.97 Å². The maximum absolute atomic E-state index is 10.6. The van der Waals surface area contributed by atoms with Crippen molar-refractivity contribution in [3.8, 4) is 0 Å². The van der Waals surface area contributed by atoms with E-state index in [1.54, 1.807) is 0 Å². The lowest BCUT2D eigenvalue weighted by Crippen LogP contribution is -2.37. The second kappa shape index (κ2) is 15.8. The van der Waals surface area contributed by atoms with Gasteiger partial charge in [-0.1, -0.05) is 84.5 Å². The Morgan fingerprint density at radius 2 is 1.24 bits per heavy atom. The second-order valence-electron chi connectivity index (χ2n) is 5.98. The highest BCUT2D eigenvalue weighted by atomic mass is 16.5. The Morgan fingerprint density at radius 1 is 0.810 bits per heavy atom. The predicted molar refractivity (Wildman–Crippen MR) is 86.1 cm³/mol. The standard InChI is InChI=1S/C18H36O3/c1-3-5-6-7-8-9-10-11-12-13-14-15-16-21-17(4-2)18(19)20/h17H,3-16H2,1-2H3,(H,19,20)/p-1. The molecular formula is C18H35O3-. The van der Waals surface area contributed by atoms with Crippen molar-refractivity contribution in [1.29, 1.82) is 0 Å². The number of hydrogen-bond donors (Lipinski definition) is 0. The molecule has 0 aromatic rings. The number of carboxylic acid groups (broad SMARTS) is 1. The first-order valence-electron chi connectivity index (χ1n) is 9.04. The number of aliphatic carboxylic acids is 1. The highest BCUT2D eigenvalue weighted by Crippen LogP contribution is 2.12. The molecule has 0 N–H and O–H groups in total. The van der Waals surface area contributed by atoms with Crippen molar-refractivity contribution in [2.45, 2.75) is 103 Å². The van der Waals surface area contributed by atoms with Gasteiger partial charge in [0.15, 0.2) is 0 Å². The van der Waals surface area contributed by atoms with Crippen LogP contribution in [-0.4, -0.2) is 18.7 Å². The van der Waals surface area contributed by atoms with Crippen LogP contribution in [0, 0.1) is 0 Å². The van der Waals surface area contributed by atoms with Crippen LogP contribution in [0.3, 0.4) is 0 Å². The van der Waals surface area contributed by atoms with Crippen molar-refractivity contribution in [2.24, 2.45) is 0 Å². The van der Waals surface area contributed by atoms with Crippen molar-refractivity contribution in [2.75, 3.05) is 6.61 Å². The molecule has 21 heavy (non-hydrogen) atoms. The Hall–Kier alpha value is -0.570. The lowest BCUT2D eigenvalue weighted by molar-refractivity contribution is -0.317. The Morgan fingerprint density at radius 3 is 1.62 bits per heavy atom. The molecule has 0 amide bonds. The summed E-state index contributed by atoms with van der Waals surface area (Å²) in [5.41, 5.74) is 0. The highest BCUT2D eigenvalue weighted by Gasteiger charge is 2.06. The molecule has 126 valence electrons. The molecule has 0 aliphatic heterocycles. The van der Waals surface area contributed by atoms with E-state index in [0.29, 0.717) is 13.0 Å². The molecular weight excluding hydrogens is 264 g/mol. The van der Waals surface area contributed by atoms with Gasteiger partial charge in [-0.15, -0.1) is 0 Å². The smallest absolute Gasteiger partial charge is 0.0965 e. The van der Waals surface area contributed by atoms with Crippen molar-refractivity contribution in [3.63, 3.8) is 0 Å². The summed E-state index contributed by atoms with van der Waals surface area (Å²) in [7, 11) is 0. The molecule has 0 heterocycles. The van der Waals surface area contributed by atoms with Gasteiger partial charge in [-0.2, -0.15) is 0 Å². The fourth-order valence-corrected chi connectivity index (χ4v) is 2.52. The Kier molecular flexibility index (Phi) is 15.4. The van der Waals surface area contributed by atoms with Crippen molar-refractivity contribution < 1.29 is 14.6 Å². The summed E-state index contributed by atoms with van der Waals surface area (Å²) in [5.74, 6) is -1.09. The molecule has 1 unspecified atom stereocenters. The lowest BCUT2D eigenvalue weighted by Gasteiger charge is -2.16. The summed E-state index contributed by atoms with van der Waals surface area (Å²) in [6.07, 6.45) is 15.4. The topological polar surface area (TPSA) is 49.4 Å². The van der Waals surface area contributed by atoms with Gasteiger partial charge in [0.25, 0.3) is 0 Å². The minimum absolute atomic E-state index is 0.487. The number of unbranched alkanes of at least 4 members (excludes halogenated alkanes) is 11. The maximum atomic E-state index is 10.6. The molecule has 0 bridgehead atoms. The van der Waals surface area contributed by atoms with Gasteiger partial charge in [-0.3, -0.25) is 0 Å². The zero-order valence-electron chi connectivity index (χ0n) is 14.2. The highest BCUT2D eigenvalue weighted by molar-refractivity contribution is 5.69. The largest absolute Gasteiger partial charge is 0.547 e. The third kappa shape index (κ3) is 14.1. The minimum Gasteiger partial charge on any atom is -0.547 e. The average Bonchev–Trinajstić information content (AvgIpc) is 2.47. The summed E-state index contributed by atoms with van der Waals surface area (Å²) < 4.78 is 5.28. The molecule has 3 nitrogen and oxygen atoms in total. The number of carbonyl (C=O) groups excluding carboxylic acids is 1. The third-order valence-electron chi connectivity index (χ3n) is 3.95. The van der Waals surface area contributed by atoms with E-state index in [4.69, 9.17) is 4.74 Å². The molecule has 0 aliphatic rings. The molecule has 0 saturated heterocycles. The lowest BCUT2D eigenvalue weighted by atomic mass is 10.1. The minimum atomic E-state index is -1.09. The molecule has 0 radical (unpaired) electrons. The van der Waals surface area contributed by atoms with Gasteiger partial charge in [-0.25, -0.2) is 0 Å². The van der Waals surface area contributed by atoms with Crippen LogP contribution in [0.1, 0.15) is 97.3 Å². The van der Waals surface area contributed by atoms with Crippen LogP contribution in [0.4, 0.5) is 0 Å². The van der Waals surface area contributed by atoms with E-state index in [-0.39, 0.29) is 0 Å². The van der Waals surface area contributed by atoms with Crippen LogP contribution in [-0.2, 0) is 9.53 Å². The Bertz CT molecular complexity index is 229. The Labute approximate surface area is 131 Å². The van der Waals surface area contributed by atoms with Crippen molar-refractivity contribution in [1.82, 2.24) is 0 Å². The molecule has 0 rings (SSSR count). The number of carboxylic acids is 1. The van der Waals surface area contributed by atoms with E-state index in [1.165, 1.54) is 64.2 Å². The van der Waals surface area contributed by atoms with Crippen LogP contribution < -0.4 is 5.11 Å². The SMILES string of the molecule is CCCCCCCCCCCCCCOC(CC)C(=O)[O-]. The zero-order valence-corrected chi connectivity index (χ0v) is 14.2. The number of carbonyl (C=O) groups is 1. The van der Waals surface area contributed by atoms with E-state index in [1.807, 2.05) is 6.92 Å². The predicted octanol–water partition coefficient (Wildman–Crippen LogP) is 4.23. The fraction of sp³-hybridized carbons (Fsp3) is 0.944. The molecule has 1 atom stereocenters. The normalized spacial score (nSPS) is 12.5. The van der Waals surface area contributed by atoms with E-state index < -0.39 is 12.1 Å². The third-order valence-corrected chi connectivity index (χ3v) is 3.95. The van der Waals surface area contributed by atoms with E-state index in [2.05, 4.69) is 6.92 Å². The van der Waals surface area contributed by atoms with Gasteiger partial charge in [0.2, 0.25) is 0 Å². The van der Waals surface area contributed by atoms with E-state index in [0.717, 1.165) is 12.8 Å². The van der Waals surface area contributed by atoms with Gasteiger partial charge >= 0.3 is 0 Å². The zero-order chi connectivity index (χ0) is 15.8.